The van der Waals surface area contributed by atoms with Gasteiger partial charge in [-0.15, -0.1) is 0 Å². The number of ether oxygens (including phenoxy) is 1. The molecule has 3 heterocycles. The van der Waals surface area contributed by atoms with Crippen LogP contribution in [0.1, 0.15) is 0 Å². The Hall–Kier alpha value is -1.84. The molecule has 0 atom stereocenters. The molecule has 1 saturated heterocycles. The lowest BCUT2D eigenvalue weighted by atomic mass is 10.4. The third-order valence-corrected chi connectivity index (χ3v) is 4.84. The number of imidazole rings is 1. The van der Waals surface area contributed by atoms with E-state index >= 15 is 0 Å². The number of H-pyrrole nitrogens is 1. The summed E-state index contributed by atoms with van der Waals surface area (Å²) in [5.41, 5.74) is 1.27. The molecule has 0 saturated carbocycles. The minimum atomic E-state index is -0.141. The Morgan fingerprint density at radius 1 is 1.44 bits per heavy atom. The zero-order chi connectivity index (χ0) is 17.8. The van der Waals surface area contributed by atoms with Crippen molar-refractivity contribution >= 4 is 46.3 Å². The third-order valence-electron chi connectivity index (χ3n) is 3.78. The Kier molecular flexibility index (Phi) is 5.77. The first-order valence-electron chi connectivity index (χ1n) is 7.76. The van der Waals surface area contributed by atoms with Crippen LogP contribution >= 0.6 is 23.4 Å². The van der Waals surface area contributed by atoms with E-state index < -0.39 is 0 Å². The number of likely N-dealkylation sites (N-methyl/N-ethyl adjacent to an activating group) is 1. The fourth-order valence-electron chi connectivity index (χ4n) is 2.36. The number of halogens is 1. The molecule has 1 aliphatic rings. The molecule has 0 aliphatic carbocycles. The highest BCUT2D eigenvalue weighted by Crippen LogP contribution is 2.20. The number of carbonyl (C=O) groups is 2. The Labute approximate surface area is 153 Å². The number of hydrogen-bond donors (Lipinski definition) is 1. The van der Waals surface area contributed by atoms with Crippen LogP contribution in [0.3, 0.4) is 0 Å². The van der Waals surface area contributed by atoms with E-state index in [-0.39, 0.29) is 24.1 Å². The smallest absolute Gasteiger partial charge is 0.242 e. The lowest BCUT2D eigenvalue weighted by molar-refractivity contribution is -0.140. The molecule has 2 amide bonds. The SMILES string of the molecule is CN(CC(=O)N1CCOCC1)C(=O)CSc1nc2ncc(Cl)cc2[nH]1. The van der Waals surface area contributed by atoms with Gasteiger partial charge in [0.15, 0.2) is 10.8 Å². The van der Waals surface area contributed by atoms with Crippen LogP contribution in [0.5, 0.6) is 0 Å². The normalized spacial score (nSPS) is 14.7. The fraction of sp³-hybridized carbons (Fsp3) is 0.467. The summed E-state index contributed by atoms with van der Waals surface area (Å²) in [5.74, 6) is -0.0229. The molecule has 0 radical (unpaired) electrons. The molecule has 10 heteroatoms. The molecule has 8 nitrogen and oxygen atoms in total. The van der Waals surface area contributed by atoms with E-state index in [1.807, 2.05) is 0 Å². The molecule has 1 aliphatic heterocycles. The van der Waals surface area contributed by atoms with Crippen LogP contribution in [0.2, 0.25) is 5.02 Å². The van der Waals surface area contributed by atoms with Crippen LogP contribution in [0, 0.1) is 0 Å². The molecular weight excluding hydrogens is 366 g/mol. The predicted molar refractivity (Wildman–Crippen MR) is 94.7 cm³/mol. The van der Waals surface area contributed by atoms with E-state index in [2.05, 4.69) is 15.0 Å². The van der Waals surface area contributed by atoms with Gasteiger partial charge in [0.1, 0.15) is 0 Å². The zero-order valence-corrected chi connectivity index (χ0v) is 15.3. The van der Waals surface area contributed by atoms with Gasteiger partial charge in [-0.3, -0.25) is 9.59 Å². The van der Waals surface area contributed by atoms with Gasteiger partial charge in [0.25, 0.3) is 0 Å². The summed E-state index contributed by atoms with van der Waals surface area (Å²) in [6.45, 7) is 2.30. The number of hydrogen-bond acceptors (Lipinski definition) is 6. The number of nitrogens with zero attached hydrogens (tertiary/aromatic N) is 4. The Balaban J connectivity index is 1.51. The molecule has 2 aromatic rings. The first-order chi connectivity index (χ1) is 12.0. The third kappa shape index (κ3) is 4.62. The second-order valence-corrected chi connectivity index (χ2v) is 7.00. The standard InChI is InChI=1S/C15H18ClN5O3S/c1-20(8-12(22)21-2-4-24-5-3-21)13(23)9-25-15-18-11-6-10(16)7-17-14(11)19-15/h6-7H,2-5,8-9H2,1H3,(H,17,18,19). The van der Waals surface area contributed by atoms with Gasteiger partial charge in [-0.05, 0) is 6.07 Å². The summed E-state index contributed by atoms with van der Waals surface area (Å²) in [5, 5.41) is 1.11. The second kappa shape index (κ2) is 8.03. The van der Waals surface area contributed by atoms with Gasteiger partial charge >= 0.3 is 0 Å². The number of thioether (sulfide) groups is 1. The lowest BCUT2D eigenvalue weighted by Gasteiger charge is -2.28. The van der Waals surface area contributed by atoms with Gasteiger partial charge < -0.3 is 19.5 Å². The second-order valence-electron chi connectivity index (χ2n) is 5.60. The number of amides is 2. The van der Waals surface area contributed by atoms with E-state index in [4.69, 9.17) is 16.3 Å². The summed E-state index contributed by atoms with van der Waals surface area (Å²) in [7, 11) is 1.63. The maximum Gasteiger partial charge on any atom is 0.242 e. The number of carbonyl (C=O) groups excluding carboxylic acids is 2. The zero-order valence-electron chi connectivity index (χ0n) is 13.7. The molecule has 1 fully saturated rings. The van der Waals surface area contributed by atoms with Crippen LogP contribution in [0.4, 0.5) is 0 Å². The molecule has 0 bridgehead atoms. The van der Waals surface area contributed by atoms with Crippen molar-refractivity contribution in [2.45, 2.75) is 5.16 Å². The fourth-order valence-corrected chi connectivity index (χ4v) is 3.34. The number of rotatable bonds is 5. The highest BCUT2D eigenvalue weighted by atomic mass is 35.5. The van der Waals surface area contributed by atoms with E-state index in [0.717, 1.165) is 5.52 Å². The monoisotopic (exact) mass is 383 g/mol. The Morgan fingerprint density at radius 2 is 2.20 bits per heavy atom. The van der Waals surface area contributed by atoms with Crippen molar-refractivity contribution in [2.75, 3.05) is 45.6 Å². The van der Waals surface area contributed by atoms with Gasteiger partial charge in [0.2, 0.25) is 11.8 Å². The van der Waals surface area contributed by atoms with Crippen LogP contribution in [0.25, 0.3) is 11.2 Å². The van der Waals surface area contributed by atoms with Gasteiger partial charge in [-0.25, -0.2) is 9.97 Å². The molecule has 134 valence electrons. The van der Waals surface area contributed by atoms with E-state index in [0.29, 0.717) is 42.1 Å². The van der Waals surface area contributed by atoms with E-state index in [9.17, 15) is 9.59 Å². The van der Waals surface area contributed by atoms with Crippen LogP contribution < -0.4 is 0 Å². The van der Waals surface area contributed by atoms with E-state index in [1.165, 1.54) is 22.9 Å². The summed E-state index contributed by atoms with van der Waals surface area (Å²) >= 11 is 7.15. The number of nitrogens with one attached hydrogen (secondary N) is 1. The molecular formula is C15H18ClN5O3S. The summed E-state index contributed by atoms with van der Waals surface area (Å²) in [6.07, 6.45) is 1.52. The van der Waals surface area contributed by atoms with Crippen LogP contribution in [-0.2, 0) is 14.3 Å². The van der Waals surface area contributed by atoms with Crippen molar-refractivity contribution in [3.63, 3.8) is 0 Å². The lowest BCUT2D eigenvalue weighted by Crippen LogP contribution is -2.46. The summed E-state index contributed by atoms with van der Waals surface area (Å²) < 4.78 is 5.22. The van der Waals surface area contributed by atoms with Crippen LogP contribution in [0.15, 0.2) is 17.4 Å². The molecule has 0 unspecified atom stereocenters. The molecule has 0 aromatic carbocycles. The number of aromatic nitrogens is 3. The van der Waals surface area contributed by atoms with E-state index in [1.54, 1.807) is 18.0 Å². The topological polar surface area (TPSA) is 91.4 Å². The highest BCUT2D eigenvalue weighted by molar-refractivity contribution is 7.99. The summed E-state index contributed by atoms with van der Waals surface area (Å²) in [6, 6.07) is 1.73. The average Bonchev–Trinajstić information content (AvgIpc) is 3.02. The van der Waals surface area contributed by atoms with Crippen molar-refractivity contribution in [1.82, 2.24) is 24.8 Å². The van der Waals surface area contributed by atoms with Gasteiger partial charge in [0.05, 0.1) is 36.1 Å². The number of morpholine rings is 1. The minimum absolute atomic E-state index is 0.0632. The minimum Gasteiger partial charge on any atom is -0.378 e. The molecule has 25 heavy (non-hydrogen) atoms. The van der Waals surface area contributed by atoms with Gasteiger partial charge in [0, 0.05) is 26.3 Å². The average molecular weight is 384 g/mol. The van der Waals surface area contributed by atoms with Crippen molar-refractivity contribution in [2.24, 2.45) is 0 Å². The molecule has 3 rings (SSSR count). The first kappa shape index (κ1) is 18.0. The van der Waals surface area contributed by atoms with Gasteiger partial charge in [-0.1, -0.05) is 23.4 Å². The Bertz CT molecular complexity index is 778. The number of pyridine rings is 1. The molecule has 2 aromatic heterocycles. The predicted octanol–water partition coefficient (Wildman–Crippen LogP) is 1.02. The maximum absolute atomic E-state index is 12.2. The van der Waals surface area contributed by atoms with Crippen LogP contribution in [-0.4, -0.2) is 82.2 Å². The van der Waals surface area contributed by atoms with Gasteiger partial charge in [-0.2, -0.15) is 0 Å². The maximum atomic E-state index is 12.2. The quantitative estimate of drug-likeness (QED) is 0.775. The number of aromatic amines is 1. The van der Waals surface area contributed by atoms with Crippen molar-refractivity contribution < 1.29 is 14.3 Å². The molecule has 0 spiro atoms. The van der Waals surface area contributed by atoms with Crippen molar-refractivity contribution in [3.8, 4) is 0 Å². The molecule has 1 N–H and O–H groups in total. The highest BCUT2D eigenvalue weighted by Gasteiger charge is 2.20. The van der Waals surface area contributed by atoms with Crippen molar-refractivity contribution in [3.05, 3.63) is 17.3 Å². The Morgan fingerprint density at radius 3 is 2.96 bits per heavy atom. The summed E-state index contributed by atoms with van der Waals surface area (Å²) in [4.78, 5) is 39.0. The van der Waals surface area contributed by atoms with Crippen molar-refractivity contribution in [1.29, 1.82) is 0 Å². The first-order valence-corrected chi connectivity index (χ1v) is 9.13. The largest absolute Gasteiger partial charge is 0.378 e. The number of fused-ring (bicyclic) bond motifs is 1.